The number of hydrogen-bond acceptors (Lipinski definition) is 3. The number of methoxy groups -OCH3 is 2. The van der Waals surface area contributed by atoms with Crippen LogP contribution in [0.4, 0.5) is 0 Å². The summed E-state index contributed by atoms with van der Waals surface area (Å²) in [4.78, 5) is 0. The third-order valence-corrected chi connectivity index (χ3v) is 4.18. The van der Waals surface area contributed by atoms with Gasteiger partial charge in [-0.1, -0.05) is 20.8 Å². The van der Waals surface area contributed by atoms with Crippen LogP contribution < -0.4 is 14.8 Å². The standard InChI is InChI=1S/C16H26BrNO2/c1-6-8-18-9-7-16(2,3)12-10-15(20-5)13(17)11-14(12)19-4/h10-11,18H,6-9H2,1-5H3. The Hall–Kier alpha value is -0.740. The maximum atomic E-state index is 5.53. The highest BCUT2D eigenvalue weighted by atomic mass is 79.9. The lowest BCUT2D eigenvalue weighted by molar-refractivity contribution is 0.373. The van der Waals surface area contributed by atoms with Crippen LogP contribution in [0.25, 0.3) is 0 Å². The van der Waals surface area contributed by atoms with Crippen LogP contribution in [0.3, 0.4) is 0 Å². The lowest BCUT2D eigenvalue weighted by atomic mass is 9.81. The summed E-state index contributed by atoms with van der Waals surface area (Å²) in [6.45, 7) is 8.73. The predicted octanol–water partition coefficient (Wildman–Crippen LogP) is 4.13. The van der Waals surface area contributed by atoms with Crippen LogP contribution in [0.5, 0.6) is 11.5 Å². The highest BCUT2D eigenvalue weighted by Gasteiger charge is 2.25. The highest BCUT2D eigenvalue weighted by Crippen LogP contribution is 2.40. The molecule has 0 spiro atoms. The predicted molar refractivity (Wildman–Crippen MR) is 88.0 cm³/mol. The first kappa shape index (κ1) is 17.3. The molecule has 0 saturated carbocycles. The van der Waals surface area contributed by atoms with Crippen LogP contribution in [0.1, 0.15) is 39.2 Å². The molecule has 1 N–H and O–H groups in total. The van der Waals surface area contributed by atoms with Gasteiger partial charge in [0.05, 0.1) is 18.7 Å². The second-order valence-electron chi connectivity index (χ2n) is 5.57. The van der Waals surface area contributed by atoms with Gasteiger partial charge in [0.25, 0.3) is 0 Å². The average Bonchev–Trinajstić information content (AvgIpc) is 2.43. The lowest BCUT2D eigenvalue weighted by Crippen LogP contribution is -2.26. The Morgan fingerprint density at radius 2 is 1.75 bits per heavy atom. The fraction of sp³-hybridized carbons (Fsp3) is 0.625. The molecule has 0 heterocycles. The molecule has 0 aliphatic rings. The van der Waals surface area contributed by atoms with Gasteiger partial charge < -0.3 is 14.8 Å². The Bertz CT molecular complexity index is 433. The van der Waals surface area contributed by atoms with Crippen LogP contribution in [0, 0.1) is 0 Å². The van der Waals surface area contributed by atoms with E-state index >= 15 is 0 Å². The first-order chi connectivity index (χ1) is 9.46. The summed E-state index contributed by atoms with van der Waals surface area (Å²) in [5.74, 6) is 1.74. The molecule has 1 aromatic carbocycles. The number of rotatable bonds is 8. The number of nitrogens with one attached hydrogen (secondary N) is 1. The summed E-state index contributed by atoms with van der Waals surface area (Å²) in [5, 5.41) is 3.46. The summed E-state index contributed by atoms with van der Waals surface area (Å²) >= 11 is 3.50. The van der Waals surface area contributed by atoms with Crippen molar-refractivity contribution in [3.63, 3.8) is 0 Å². The molecule has 0 radical (unpaired) electrons. The molecule has 0 aromatic heterocycles. The van der Waals surface area contributed by atoms with E-state index in [2.05, 4.69) is 48.1 Å². The molecule has 20 heavy (non-hydrogen) atoms. The van der Waals surface area contributed by atoms with E-state index in [1.54, 1.807) is 14.2 Å². The van der Waals surface area contributed by atoms with Crippen molar-refractivity contribution in [2.75, 3.05) is 27.3 Å². The second kappa shape index (κ2) is 7.89. The molecular formula is C16H26BrNO2. The van der Waals surface area contributed by atoms with Gasteiger partial charge in [-0.05, 0) is 59.4 Å². The van der Waals surface area contributed by atoms with Crippen molar-refractivity contribution in [3.8, 4) is 11.5 Å². The molecule has 0 fully saturated rings. The lowest BCUT2D eigenvalue weighted by Gasteiger charge is -2.28. The minimum absolute atomic E-state index is 0.0278. The molecule has 0 saturated heterocycles. The van der Waals surface area contributed by atoms with Crippen molar-refractivity contribution < 1.29 is 9.47 Å². The van der Waals surface area contributed by atoms with E-state index in [-0.39, 0.29) is 5.41 Å². The zero-order chi connectivity index (χ0) is 15.2. The topological polar surface area (TPSA) is 30.5 Å². The second-order valence-corrected chi connectivity index (χ2v) is 6.43. The van der Waals surface area contributed by atoms with Gasteiger partial charge in [0.2, 0.25) is 0 Å². The Morgan fingerprint density at radius 3 is 2.30 bits per heavy atom. The fourth-order valence-corrected chi connectivity index (χ4v) is 2.71. The van der Waals surface area contributed by atoms with E-state index in [9.17, 15) is 0 Å². The van der Waals surface area contributed by atoms with Crippen LogP contribution >= 0.6 is 15.9 Å². The minimum atomic E-state index is 0.0278. The van der Waals surface area contributed by atoms with E-state index < -0.39 is 0 Å². The number of benzene rings is 1. The molecule has 0 atom stereocenters. The first-order valence-electron chi connectivity index (χ1n) is 7.09. The van der Waals surface area contributed by atoms with Crippen LogP contribution in [0.15, 0.2) is 16.6 Å². The number of hydrogen-bond donors (Lipinski definition) is 1. The number of ether oxygens (including phenoxy) is 2. The van der Waals surface area contributed by atoms with Crippen molar-refractivity contribution in [2.24, 2.45) is 0 Å². The Balaban J connectivity index is 2.96. The van der Waals surface area contributed by atoms with Gasteiger partial charge in [-0.15, -0.1) is 0 Å². The maximum absolute atomic E-state index is 5.53. The van der Waals surface area contributed by atoms with E-state index in [0.717, 1.165) is 41.9 Å². The van der Waals surface area contributed by atoms with Gasteiger partial charge in [0.15, 0.2) is 0 Å². The monoisotopic (exact) mass is 343 g/mol. The van der Waals surface area contributed by atoms with Crippen LogP contribution in [0.2, 0.25) is 0 Å². The molecule has 0 amide bonds. The van der Waals surface area contributed by atoms with Gasteiger partial charge in [-0.3, -0.25) is 0 Å². The van der Waals surface area contributed by atoms with Crippen molar-refractivity contribution in [1.29, 1.82) is 0 Å². The van der Waals surface area contributed by atoms with Gasteiger partial charge in [0.1, 0.15) is 11.5 Å². The molecule has 0 unspecified atom stereocenters. The molecule has 0 bridgehead atoms. The van der Waals surface area contributed by atoms with Crippen molar-refractivity contribution in [1.82, 2.24) is 5.32 Å². The Kier molecular flexibility index (Phi) is 6.83. The van der Waals surface area contributed by atoms with Crippen LogP contribution in [-0.4, -0.2) is 27.3 Å². The van der Waals surface area contributed by atoms with Gasteiger partial charge in [-0.2, -0.15) is 0 Å². The molecule has 1 aromatic rings. The van der Waals surface area contributed by atoms with Gasteiger partial charge >= 0.3 is 0 Å². The molecule has 0 aliphatic heterocycles. The SMILES string of the molecule is CCCNCCC(C)(C)c1cc(OC)c(Br)cc1OC. The highest BCUT2D eigenvalue weighted by molar-refractivity contribution is 9.10. The van der Waals surface area contributed by atoms with Crippen molar-refractivity contribution in [2.45, 2.75) is 39.0 Å². The van der Waals surface area contributed by atoms with Gasteiger partial charge in [0, 0.05) is 5.56 Å². The van der Waals surface area contributed by atoms with Crippen LogP contribution in [-0.2, 0) is 5.41 Å². The molecule has 0 aliphatic carbocycles. The fourth-order valence-electron chi connectivity index (χ4n) is 2.23. The average molecular weight is 344 g/mol. The maximum Gasteiger partial charge on any atom is 0.133 e. The Morgan fingerprint density at radius 1 is 1.10 bits per heavy atom. The molecular weight excluding hydrogens is 318 g/mol. The number of halogens is 1. The zero-order valence-electron chi connectivity index (χ0n) is 13.2. The minimum Gasteiger partial charge on any atom is -0.496 e. The van der Waals surface area contributed by atoms with Gasteiger partial charge in [-0.25, -0.2) is 0 Å². The first-order valence-corrected chi connectivity index (χ1v) is 7.88. The molecule has 114 valence electrons. The molecule has 1 rings (SSSR count). The Labute approximate surface area is 131 Å². The van der Waals surface area contributed by atoms with E-state index in [0.29, 0.717) is 0 Å². The summed E-state index contributed by atoms with van der Waals surface area (Å²) < 4.78 is 11.9. The third kappa shape index (κ3) is 4.38. The quantitative estimate of drug-likeness (QED) is 0.719. The molecule has 4 heteroatoms. The summed E-state index contributed by atoms with van der Waals surface area (Å²) in [6, 6.07) is 4.05. The van der Waals surface area contributed by atoms with Crippen molar-refractivity contribution in [3.05, 3.63) is 22.2 Å². The summed E-state index contributed by atoms with van der Waals surface area (Å²) in [6.07, 6.45) is 2.21. The van der Waals surface area contributed by atoms with Crippen molar-refractivity contribution >= 4 is 15.9 Å². The zero-order valence-corrected chi connectivity index (χ0v) is 14.8. The smallest absolute Gasteiger partial charge is 0.133 e. The normalized spacial score (nSPS) is 11.5. The third-order valence-electron chi connectivity index (χ3n) is 3.56. The van der Waals surface area contributed by atoms with E-state index in [1.807, 2.05) is 6.07 Å². The summed E-state index contributed by atoms with van der Waals surface area (Å²) in [7, 11) is 3.40. The molecule has 3 nitrogen and oxygen atoms in total. The largest absolute Gasteiger partial charge is 0.496 e. The summed E-state index contributed by atoms with van der Waals surface area (Å²) in [5.41, 5.74) is 1.21. The van der Waals surface area contributed by atoms with E-state index in [4.69, 9.17) is 9.47 Å². The van der Waals surface area contributed by atoms with E-state index in [1.165, 1.54) is 5.56 Å².